The van der Waals surface area contributed by atoms with Crippen molar-refractivity contribution >= 4 is 89.5 Å². The average Bonchev–Trinajstić information content (AvgIpc) is 3.70. The number of hydrogen-bond donors (Lipinski definition) is 0. The van der Waals surface area contributed by atoms with Gasteiger partial charge in [-0.3, -0.25) is 19.2 Å². The minimum Gasteiger partial charge on any atom is -0.285 e. The third-order valence-corrected chi connectivity index (χ3v) is 9.95. The van der Waals surface area contributed by atoms with Crippen molar-refractivity contribution in [3.05, 3.63) is 90.9 Å². The number of rotatable bonds is 2. The minimum absolute atomic E-state index is 0.00295. The molecule has 11 heteroatoms. The van der Waals surface area contributed by atoms with Gasteiger partial charge in [0.2, 0.25) is 23.1 Å². The monoisotopic (exact) mass is 614 g/mol. The molecule has 7 rings (SSSR count). The van der Waals surface area contributed by atoms with Crippen LogP contribution in [0.2, 0.25) is 0 Å². The Labute approximate surface area is 249 Å². The molecule has 5 aromatic rings. The Morgan fingerprint density at radius 2 is 1.09 bits per heavy atom. The molecule has 0 radical (unpaired) electrons. The number of Topliss-reactive ketones (excluding diaryl/α,β-unsaturated/α-hetero) is 4. The molecular formula is C32H17F3N2O4S2. The highest BCUT2D eigenvalue weighted by molar-refractivity contribution is 7.21. The minimum atomic E-state index is -4.64. The van der Waals surface area contributed by atoms with Crippen LogP contribution in [-0.2, 0) is 15.8 Å². The van der Waals surface area contributed by atoms with Gasteiger partial charge in [0, 0.05) is 22.3 Å². The van der Waals surface area contributed by atoms with Crippen LogP contribution in [0.25, 0.3) is 43.7 Å². The van der Waals surface area contributed by atoms with Gasteiger partial charge in [-0.15, -0.1) is 22.7 Å². The van der Waals surface area contributed by atoms with Gasteiger partial charge in [-0.25, -0.2) is 9.97 Å². The van der Waals surface area contributed by atoms with Crippen molar-refractivity contribution in [3.63, 3.8) is 0 Å². The van der Waals surface area contributed by atoms with Crippen LogP contribution >= 0.6 is 22.7 Å². The third kappa shape index (κ3) is 4.06. The van der Waals surface area contributed by atoms with Crippen LogP contribution < -0.4 is 0 Å². The topological polar surface area (TPSA) is 94.1 Å². The first kappa shape index (κ1) is 27.2. The number of allylic oxidation sites excluding steroid dienone is 2. The Morgan fingerprint density at radius 1 is 0.628 bits per heavy atom. The van der Waals surface area contributed by atoms with E-state index in [9.17, 15) is 32.3 Å². The average molecular weight is 615 g/mol. The highest BCUT2D eigenvalue weighted by Crippen LogP contribution is 2.42. The summed E-state index contributed by atoms with van der Waals surface area (Å²) in [5.74, 6) is -2.95. The molecule has 212 valence electrons. The molecule has 0 atom stereocenters. The molecule has 2 aliphatic rings. The predicted octanol–water partition coefficient (Wildman–Crippen LogP) is 7.46. The second kappa shape index (κ2) is 9.19. The number of nitrogens with zero attached hydrogens (tertiary/aromatic N) is 2. The largest absolute Gasteiger partial charge is 0.416 e. The predicted molar refractivity (Wildman–Crippen MR) is 159 cm³/mol. The maximum absolute atomic E-state index is 13.2. The molecule has 3 aromatic carbocycles. The highest BCUT2D eigenvalue weighted by Gasteiger charge is 2.38. The molecule has 0 N–H and O–H groups in total. The molecule has 0 saturated carbocycles. The quantitative estimate of drug-likeness (QED) is 0.151. The highest BCUT2D eigenvalue weighted by atomic mass is 32.1. The zero-order chi connectivity index (χ0) is 30.5. The number of carbonyl (C=O) groups excluding carboxylic acids is 4. The maximum Gasteiger partial charge on any atom is 0.416 e. The summed E-state index contributed by atoms with van der Waals surface area (Å²) in [6.45, 7) is 5.63. The third-order valence-electron chi connectivity index (χ3n) is 7.71. The van der Waals surface area contributed by atoms with Gasteiger partial charge >= 0.3 is 6.18 Å². The van der Waals surface area contributed by atoms with Gasteiger partial charge in [0.05, 0.1) is 26.0 Å². The Morgan fingerprint density at radius 3 is 1.58 bits per heavy atom. The summed E-state index contributed by atoms with van der Waals surface area (Å²) in [4.78, 5) is 60.1. The summed E-state index contributed by atoms with van der Waals surface area (Å²) in [5, 5.41) is 0.989. The second-order valence-electron chi connectivity index (χ2n) is 10.4. The summed E-state index contributed by atoms with van der Waals surface area (Å²) in [6, 6.07) is 8.05. The number of thiazole rings is 2. The van der Waals surface area contributed by atoms with E-state index in [1.165, 1.54) is 28.7 Å². The standard InChI is InChI=1S/C32H17F3N2O4S2/c1-12-4-6-16-18(8-12)26(38)28(40)20(16)10-22-36-24-13(2)31-25(14(3)30(24)42-22)37-23(43-31)11-21-17-7-5-15(32(33,34)35)9-19(17)27(39)29(21)41/h4-11H,1-3H3/b20-10-,21-11-. The van der Waals surface area contributed by atoms with Crippen LogP contribution in [0.4, 0.5) is 13.2 Å². The van der Waals surface area contributed by atoms with E-state index in [1.807, 2.05) is 26.8 Å². The van der Waals surface area contributed by atoms with E-state index in [-0.39, 0.29) is 16.7 Å². The van der Waals surface area contributed by atoms with Gasteiger partial charge in [-0.05, 0) is 73.4 Å². The number of hydrogen-bond acceptors (Lipinski definition) is 8. The normalized spacial score (nSPS) is 16.9. The lowest BCUT2D eigenvalue weighted by atomic mass is 10.0. The van der Waals surface area contributed by atoms with Crippen LogP contribution in [0.3, 0.4) is 0 Å². The van der Waals surface area contributed by atoms with Crippen molar-refractivity contribution in [3.8, 4) is 0 Å². The zero-order valence-electron chi connectivity index (χ0n) is 22.6. The van der Waals surface area contributed by atoms with Crippen LogP contribution in [-0.4, -0.2) is 33.1 Å². The smallest absolute Gasteiger partial charge is 0.285 e. The number of halogens is 3. The molecule has 0 saturated heterocycles. The van der Waals surface area contributed by atoms with E-state index in [4.69, 9.17) is 9.97 Å². The van der Waals surface area contributed by atoms with Crippen molar-refractivity contribution in [2.75, 3.05) is 0 Å². The van der Waals surface area contributed by atoms with Crippen molar-refractivity contribution in [1.82, 2.24) is 9.97 Å². The molecule has 2 aliphatic carbocycles. The van der Waals surface area contributed by atoms with Crippen LogP contribution in [0.15, 0.2) is 36.4 Å². The lowest BCUT2D eigenvalue weighted by Crippen LogP contribution is -2.08. The fourth-order valence-corrected chi connectivity index (χ4v) is 7.66. The molecule has 0 bridgehead atoms. The van der Waals surface area contributed by atoms with E-state index in [2.05, 4.69) is 0 Å². The molecule has 0 spiro atoms. The van der Waals surface area contributed by atoms with Gasteiger partial charge in [0.1, 0.15) is 10.0 Å². The Bertz CT molecular complexity index is 2180. The van der Waals surface area contributed by atoms with Crippen molar-refractivity contribution in [1.29, 1.82) is 0 Å². The first-order valence-corrected chi connectivity index (χ1v) is 14.6. The van der Waals surface area contributed by atoms with E-state index in [1.54, 1.807) is 18.2 Å². The molecule has 0 unspecified atom stereocenters. The fraction of sp³-hybridized carbons (Fsp3) is 0.125. The summed E-state index contributed by atoms with van der Waals surface area (Å²) in [7, 11) is 0. The molecule has 43 heavy (non-hydrogen) atoms. The Kier molecular flexibility index (Phi) is 5.82. The number of aromatic nitrogens is 2. The van der Waals surface area contributed by atoms with Crippen LogP contribution in [0, 0.1) is 20.8 Å². The molecule has 0 fully saturated rings. The van der Waals surface area contributed by atoms with Crippen LogP contribution in [0.5, 0.6) is 0 Å². The molecule has 0 amide bonds. The molecule has 0 aliphatic heterocycles. The number of fused-ring (bicyclic) bond motifs is 4. The van der Waals surface area contributed by atoms with Crippen molar-refractivity contribution < 1.29 is 32.3 Å². The Balaban J connectivity index is 1.31. The first-order chi connectivity index (χ1) is 20.3. The lowest BCUT2D eigenvalue weighted by molar-refractivity contribution is -0.137. The maximum atomic E-state index is 13.2. The summed E-state index contributed by atoms with van der Waals surface area (Å²) in [5.41, 5.74) is 4.09. The number of benzene rings is 3. The summed E-state index contributed by atoms with van der Waals surface area (Å²) in [6.07, 6.45) is -1.55. The van der Waals surface area contributed by atoms with Crippen molar-refractivity contribution in [2.45, 2.75) is 26.9 Å². The molecular weight excluding hydrogens is 597 g/mol. The summed E-state index contributed by atoms with van der Waals surface area (Å²) < 4.78 is 41.2. The number of carbonyl (C=O) groups is 4. The number of alkyl halides is 3. The number of aryl methyl sites for hydroxylation is 3. The van der Waals surface area contributed by atoms with Gasteiger partial charge < -0.3 is 0 Å². The molecule has 2 aromatic heterocycles. The molecule has 6 nitrogen and oxygen atoms in total. The van der Waals surface area contributed by atoms with E-state index >= 15 is 0 Å². The van der Waals surface area contributed by atoms with E-state index in [0.29, 0.717) is 43.8 Å². The van der Waals surface area contributed by atoms with Gasteiger partial charge in [-0.2, -0.15) is 13.2 Å². The lowest BCUT2D eigenvalue weighted by Gasteiger charge is -2.07. The van der Waals surface area contributed by atoms with Crippen LogP contribution in [0.1, 0.15) is 64.1 Å². The van der Waals surface area contributed by atoms with Gasteiger partial charge in [0.25, 0.3) is 0 Å². The first-order valence-electron chi connectivity index (χ1n) is 13.0. The number of ketones is 4. The zero-order valence-corrected chi connectivity index (χ0v) is 24.2. The van der Waals surface area contributed by atoms with E-state index < -0.39 is 34.9 Å². The van der Waals surface area contributed by atoms with Crippen molar-refractivity contribution in [2.24, 2.45) is 0 Å². The van der Waals surface area contributed by atoms with E-state index in [0.717, 1.165) is 38.2 Å². The van der Waals surface area contributed by atoms with Gasteiger partial charge in [0.15, 0.2) is 0 Å². The Hall–Kier alpha value is -4.61. The molecule has 2 heterocycles. The fourth-order valence-electron chi connectivity index (χ4n) is 5.52. The second-order valence-corrected chi connectivity index (χ2v) is 12.5. The SMILES string of the molecule is Cc1ccc2c(c1)C(=O)C(=O)/C2=C\c1nc2c(C)c3sc(/C=C4\C(=O)C(=O)c5cc(C(F)(F)F)ccc54)nc3c(C)c2s1. The summed E-state index contributed by atoms with van der Waals surface area (Å²) >= 11 is 2.64. The van der Waals surface area contributed by atoms with Gasteiger partial charge in [-0.1, -0.05) is 23.8 Å².